The number of rotatable bonds is 6. The fourth-order valence-corrected chi connectivity index (χ4v) is 3.08. The quantitative estimate of drug-likeness (QED) is 0.557. The molecule has 0 radical (unpaired) electrons. The molecule has 0 unspecified atom stereocenters. The van der Waals surface area contributed by atoms with Gasteiger partial charge in [-0.3, -0.25) is 4.98 Å². The number of nitrogens with one attached hydrogen (secondary N) is 2. The first-order valence-corrected chi connectivity index (χ1v) is 8.56. The molecule has 0 saturated heterocycles. The van der Waals surface area contributed by atoms with Gasteiger partial charge in [0.1, 0.15) is 12.0 Å². The number of H-pyrrole nitrogens is 2. The Morgan fingerprint density at radius 1 is 1.15 bits per heavy atom. The SMILES string of the molecule is C=C(c1cc(-c2ncnc3[nH]ccc23)c[nH]1)N(CC)Cc1ccncc1. The summed E-state index contributed by atoms with van der Waals surface area (Å²) in [4.78, 5) is 21.5. The minimum atomic E-state index is 0.793. The highest BCUT2D eigenvalue weighted by atomic mass is 15.1. The molecule has 130 valence electrons. The molecular weight excluding hydrogens is 324 g/mol. The van der Waals surface area contributed by atoms with Crippen LogP contribution in [-0.4, -0.2) is 36.4 Å². The molecule has 0 aromatic carbocycles. The summed E-state index contributed by atoms with van der Waals surface area (Å²) < 4.78 is 0. The van der Waals surface area contributed by atoms with Gasteiger partial charge in [-0.1, -0.05) is 6.58 Å². The molecule has 26 heavy (non-hydrogen) atoms. The average molecular weight is 344 g/mol. The van der Waals surface area contributed by atoms with E-state index in [1.54, 1.807) is 6.33 Å². The molecule has 2 N–H and O–H groups in total. The third-order valence-electron chi connectivity index (χ3n) is 4.51. The normalized spacial score (nSPS) is 11.0. The van der Waals surface area contributed by atoms with Crippen molar-refractivity contribution in [2.24, 2.45) is 0 Å². The van der Waals surface area contributed by atoms with Crippen LogP contribution in [0.1, 0.15) is 18.2 Å². The van der Waals surface area contributed by atoms with Gasteiger partial charge in [0.05, 0.1) is 17.1 Å². The van der Waals surface area contributed by atoms with E-state index in [-0.39, 0.29) is 0 Å². The first-order chi connectivity index (χ1) is 12.8. The number of aromatic amines is 2. The zero-order chi connectivity index (χ0) is 17.9. The number of hydrogen-bond donors (Lipinski definition) is 2. The van der Waals surface area contributed by atoms with Crippen molar-refractivity contribution >= 4 is 16.7 Å². The molecule has 0 saturated carbocycles. The predicted octanol–water partition coefficient (Wildman–Crippen LogP) is 3.84. The van der Waals surface area contributed by atoms with E-state index in [0.717, 1.165) is 46.8 Å². The molecule has 4 aromatic heterocycles. The molecule has 0 bridgehead atoms. The molecule has 4 heterocycles. The van der Waals surface area contributed by atoms with Gasteiger partial charge in [-0.05, 0) is 36.8 Å². The van der Waals surface area contributed by atoms with E-state index in [0.29, 0.717) is 0 Å². The minimum absolute atomic E-state index is 0.793. The number of hydrogen-bond acceptors (Lipinski definition) is 4. The fraction of sp³-hybridized carbons (Fsp3) is 0.150. The molecule has 0 spiro atoms. The van der Waals surface area contributed by atoms with Gasteiger partial charge in [-0.15, -0.1) is 0 Å². The van der Waals surface area contributed by atoms with Crippen LogP contribution in [0.4, 0.5) is 0 Å². The fourth-order valence-electron chi connectivity index (χ4n) is 3.08. The maximum Gasteiger partial charge on any atom is 0.141 e. The highest BCUT2D eigenvalue weighted by Gasteiger charge is 2.14. The smallest absolute Gasteiger partial charge is 0.141 e. The molecule has 0 aliphatic carbocycles. The second-order valence-electron chi connectivity index (χ2n) is 6.08. The summed E-state index contributed by atoms with van der Waals surface area (Å²) >= 11 is 0. The van der Waals surface area contributed by atoms with Gasteiger partial charge in [0, 0.05) is 48.8 Å². The van der Waals surface area contributed by atoms with E-state index >= 15 is 0 Å². The van der Waals surface area contributed by atoms with Crippen LogP contribution in [-0.2, 0) is 6.54 Å². The Kier molecular flexibility index (Phi) is 4.23. The Bertz CT molecular complexity index is 1030. The van der Waals surface area contributed by atoms with Crippen LogP contribution in [0.5, 0.6) is 0 Å². The Hall–Kier alpha value is -3.41. The van der Waals surface area contributed by atoms with Gasteiger partial charge in [0.25, 0.3) is 0 Å². The van der Waals surface area contributed by atoms with Gasteiger partial charge < -0.3 is 14.9 Å². The lowest BCUT2D eigenvalue weighted by Gasteiger charge is -2.24. The summed E-state index contributed by atoms with van der Waals surface area (Å²) in [6.45, 7) is 8.08. The topological polar surface area (TPSA) is 73.5 Å². The Labute approximate surface area is 151 Å². The van der Waals surface area contributed by atoms with Crippen LogP contribution in [0, 0.1) is 0 Å². The lowest BCUT2D eigenvalue weighted by molar-refractivity contribution is 0.412. The van der Waals surface area contributed by atoms with Crippen LogP contribution >= 0.6 is 0 Å². The van der Waals surface area contributed by atoms with Crippen LogP contribution in [0.2, 0.25) is 0 Å². The summed E-state index contributed by atoms with van der Waals surface area (Å²) in [5, 5.41) is 1.01. The summed E-state index contributed by atoms with van der Waals surface area (Å²) in [6, 6.07) is 8.14. The predicted molar refractivity (Wildman–Crippen MR) is 103 cm³/mol. The van der Waals surface area contributed by atoms with Gasteiger partial charge in [-0.25, -0.2) is 9.97 Å². The molecule has 4 aromatic rings. The Morgan fingerprint density at radius 2 is 2.00 bits per heavy atom. The van der Waals surface area contributed by atoms with E-state index in [4.69, 9.17) is 0 Å². The van der Waals surface area contributed by atoms with Gasteiger partial charge in [-0.2, -0.15) is 0 Å². The van der Waals surface area contributed by atoms with Crippen molar-refractivity contribution < 1.29 is 0 Å². The first kappa shape index (κ1) is 16.1. The van der Waals surface area contributed by atoms with E-state index < -0.39 is 0 Å². The van der Waals surface area contributed by atoms with E-state index in [1.165, 1.54) is 5.56 Å². The number of pyridine rings is 1. The maximum atomic E-state index is 4.45. The largest absolute Gasteiger partial charge is 0.366 e. The van der Waals surface area contributed by atoms with E-state index in [9.17, 15) is 0 Å². The molecule has 0 atom stereocenters. The van der Waals surface area contributed by atoms with Crippen molar-refractivity contribution in [3.8, 4) is 11.3 Å². The van der Waals surface area contributed by atoms with Crippen molar-refractivity contribution in [3.05, 3.63) is 73.2 Å². The standard InChI is InChI=1S/C20H20N6/c1-3-26(12-15-4-7-21-8-5-15)14(2)18-10-16(11-23-18)19-17-6-9-22-20(17)25-13-24-19/h4-11,13,23H,2-3,12H2,1H3,(H,22,24,25). The van der Waals surface area contributed by atoms with Crippen molar-refractivity contribution in [2.75, 3.05) is 6.54 Å². The number of fused-ring (bicyclic) bond motifs is 1. The van der Waals surface area contributed by atoms with Crippen LogP contribution in [0.3, 0.4) is 0 Å². The summed E-state index contributed by atoms with van der Waals surface area (Å²) in [7, 11) is 0. The maximum absolute atomic E-state index is 4.45. The van der Waals surface area contributed by atoms with Crippen molar-refractivity contribution in [3.63, 3.8) is 0 Å². The van der Waals surface area contributed by atoms with Gasteiger partial charge >= 0.3 is 0 Å². The lowest BCUT2D eigenvalue weighted by Crippen LogP contribution is -2.20. The van der Waals surface area contributed by atoms with E-state index in [2.05, 4.69) is 49.4 Å². The molecule has 6 heteroatoms. The number of nitrogens with zero attached hydrogens (tertiary/aromatic N) is 4. The highest BCUT2D eigenvalue weighted by Crippen LogP contribution is 2.28. The monoisotopic (exact) mass is 344 g/mol. The summed E-state index contributed by atoms with van der Waals surface area (Å²) in [6.07, 6.45) is 9.06. The second-order valence-corrected chi connectivity index (χ2v) is 6.08. The van der Waals surface area contributed by atoms with Crippen LogP contribution < -0.4 is 0 Å². The van der Waals surface area contributed by atoms with E-state index in [1.807, 2.05) is 43.0 Å². The highest BCUT2D eigenvalue weighted by molar-refractivity contribution is 5.90. The average Bonchev–Trinajstić information content (AvgIpc) is 3.35. The molecule has 0 amide bonds. The zero-order valence-electron chi connectivity index (χ0n) is 14.6. The molecular formula is C20H20N6. The minimum Gasteiger partial charge on any atom is -0.366 e. The van der Waals surface area contributed by atoms with Crippen molar-refractivity contribution in [1.29, 1.82) is 0 Å². The molecule has 6 nitrogen and oxygen atoms in total. The van der Waals surface area contributed by atoms with Gasteiger partial charge in [0.15, 0.2) is 0 Å². The molecule has 0 aliphatic heterocycles. The van der Waals surface area contributed by atoms with Crippen molar-refractivity contribution in [2.45, 2.75) is 13.5 Å². The molecule has 4 rings (SSSR count). The van der Waals surface area contributed by atoms with Gasteiger partial charge in [0.2, 0.25) is 0 Å². The van der Waals surface area contributed by atoms with Crippen LogP contribution in [0.25, 0.3) is 28.0 Å². The van der Waals surface area contributed by atoms with Crippen molar-refractivity contribution in [1.82, 2.24) is 29.8 Å². The number of aromatic nitrogens is 5. The zero-order valence-corrected chi connectivity index (χ0v) is 14.6. The third-order valence-corrected chi connectivity index (χ3v) is 4.51. The summed E-state index contributed by atoms with van der Waals surface area (Å²) in [5.74, 6) is 0. The third kappa shape index (κ3) is 2.97. The lowest BCUT2D eigenvalue weighted by atomic mass is 10.1. The summed E-state index contributed by atoms with van der Waals surface area (Å²) in [5.41, 5.74) is 5.91. The molecule has 0 aliphatic rings. The van der Waals surface area contributed by atoms with Crippen LogP contribution in [0.15, 0.2) is 62.0 Å². The second kappa shape index (κ2) is 6.84. The Balaban J connectivity index is 1.60. The Morgan fingerprint density at radius 3 is 2.81 bits per heavy atom. The molecule has 0 fully saturated rings. The first-order valence-electron chi connectivity index (χ1n) is 8.56.